The van der Waals surface area contributed by atoms with Gasteiger partial charge in [0, 0.05) is 38.1 Å². The average molecular weight is 434 g/mol. The number of carbonyl (C=O) groups is 2. The van der Waals surface area contributed by atoms with E-state index in [-0.39, 0.29) is 42.4 Å². The van der Waals surface area contributed by atoms with Gasteiger partial charge in [-0.25, -0.2) is 0 Å². The second-order valence-electron chi connectivity index (χ2n) is 8.94. The van der Waals surface area contributed by atoms with Crippen molar-refractivity contribution in [2.24, 2.45) is 11.8 Å². The fourth-order valence-corrected chi connectivity index (χ4v) is 4.11. The van der Waals surface area contributed by atoms with Crippen LogP contribution >= 0.6 is 0 Å². The summed E-state index contributed by atoms with van der Waals surface area (Å²) >= 11 is 0. The van der Waals surface area contributed by atoms with E-state index in [1.807, 2.05) is 32.8 Å². The molecule has 0 radical (unpaired) electrons. The second-order valence-corrected chi connectivity index (χ2v) is 8.94. The lowest BCUT2D eigenvalue weighted by atomic mass is 9.98. The zero-order valence-corrected chi connectivity index (χ0v) is 19.0. The van der Waals surface area contributed by atoms with E-state index in [9.17, 15) is 14.7 Å². The van der Waals surface area contributed by atoms with Crippen LogP contribution in [0.5, 0.6) is 5.75 Å². The van der Waals surface area contributed by atoms with Crippen molar-refractivity contribution < 1.29 is 24.2 Å². The van der Waals surface area contributed by atoms with Crippen LogP contribution in [0.1, 0.15) is 37.0 Å². The number of hydrogen-bond acceptors (Lipinski definition) is 6. The van der Waals surface area contributed by atoms with Gasteiger partial charge in [-0.1, -0.05) is 13.0 Å². The van der Waals surface area contributed by atoms with Crippen LogP contribution in [0.25, 0.3) is 0 Å². The zero-order chi connectivity index (χ0) is 22.5. The molecule has 0 spiro atoms. The SMILES string of the molecule is C[C@H]1CN([C@@H](C)CO)C(=O)c2cccc(NC(=O)C3CCOCC3)c2O[C@@H]1CN(C)C. The van der Waals surface area contributed by atoms with Crippen LogP contribution in [0.4, 0.5) is 5.69 Å². The van der Waals surface area contributed by atoms with Crippen molar-refractivity contribution in [1.82, 2.24) is 9.80 Å². The summed E-state index contributed by atoms with van der Waals surface area (Å²) in [7, 11) is 3.96. The number of rotatable bonds is 6. The van der Waals surface area contributed by atoms with Crippen molar-refractivity contribution in [3.05, 3.63) is 23.8 Å². The Morgan fingerprint density at radius 3 is 2.68 bits per heavy atom. The molecule has 8 nitrogen and oxygen atoms in total. The van der Waals surface area contributed by atoms with Crippen LogP contribution in [-0.4, -0.2) is 85.9 Å². The molecule has 1 aromatic rings. The van der Waals surface area contributed by atoms with E-state index >= 15 is 0 Å². The van der Waals surface area contributed by atoms with Gasteiger partial charge in [-0.05, 0) is 46.0 Å². The third kappa shape index (κ3) is 5.56. The van der Waals surface area contributed by atoms with Crippen molar-refractivity contribution in [2.45, 2.75) is 38.8 Å². The van der Waals surface area contributed by atoms with Crippen LogP contribution in [0, 0.1) is 11.8 Å². The highest BCUT2D eigenvalue weighted by atomic mass is 16.5. The molecule has 172 valence electrons. The number of anilines is 1. The molecule has 2 amide bonds. The Balaban J connectivity index is 1.97. The predicted molar refractivity (Wildman–Crippen MR) is 118 cm³/mol. The van der Waals surface area contributed by atoms with Gasteiger partial charge in [0.2, 0.25) is 5.91 Å². The number of carbonyl (C=O) groups excluding carboxylic acids is 2. The Labute approximate surface area is 184 Å². The summed E-state index contributed by atoms with van der Waals surface area (Å²) in [6.07, 6.45) is 1.18. The van der Waals surface area contributed by atoms with E-state index in [0.29, 0.717) is 56.1 Å². The molecule has 1 saturated heterocycles. The fourth-order valence-electron chi connectivity index (χ4n) is 4.11. The Bertz CT molecular complexity index is 778. The van der Waals surface area contributed by atoms with Gasteiger partial charge in [-0.3, -0.25) is 9.59 Å². The molecule has 0 aliphatic carbocycles. The smallest absolute Gasteiger partial charge is 0.258 e. The van der Waals surface area contributed by atoms with E-state index in [2.05, 4.69) is 5.32 Å². The standard InChI is InChI=1S/C23H35N3O5/c1-15-12-26(16(2)14-27)23(29)18-6-5-7-19(21(18)31-20(15)13-25(3)4)24-22(28)17-8-10-30-11-9-17/h5-7,15-17,20,27H,8-14H2,1-4H3,(H,24,28)/t15-,16-,20+/m0/s1. The monoisotopic (exact) mass is 433 g/mol. The third-order valence-corrected chi connectivity index (χ3v) is 6.09. The topological polar surface area (TPSA) is 91.3 Å². The van der Waals surface area contributed by atoms with Gasteiger partial charge in [0.05, 0.1) is 23.9 Å². The summed E-state index contributed by atoms with van der Waals surface area (Å²) in [5.74, 6) is 0.0481. The van der Waals surface area contributed by atoms with E-state index < -0.39 is 0 Å². The number of fused-ring (bicyclic) bond motifs is 1. The average Bonchev–Trinajstić information content (AvgIpc) is 2.76. The Kier molecular flexibility index (Phi) is 7.91. The van der Waals surface area contributed by atoms with E-state index in [1.165, 1.54) is 0 Å². The van der Waals surface area contributed by atoms with E-state index in [1.54, 1.807) is 23.1 Å². The zero-order valence-electron chi connectivity index (χ0n) is 19.0. The van der Waals surface area contributed by atoms with Gasteiger partial charge in [0.1, 0.15) is 6.10 Å². The van der Waals surface area contributed by atoms with Crippen molar-refractivity contribution in [2.75, 3.05) is 52.3 Å². The predicted octanol–water partition coefficient (Wildman–Crippen LogP) is 1.83. The molecular weight excluding hydrogens is 398 g/mol. The van der Waals surface area contributed by atoms with E-state index in [4.69, 9.17) is 9.47 Å². The van der Waals surface area contributed by atoms with Crippen molar-refractivity contribution in [3.63, 3.8) is 0 Å². The van der Waals surface area contributed by atoms with Crippen molar-refractivity contribution in [3.8, 4) is 5.75 Å². The first kappa shape index (κ1) is 23.5. The molecule has 0 aromatic heterocycles. The van der Waals surface area contributed by atoms with Gasteiger partial charge in [-0.15, -0.1) is 0 Å². The molecule has 31 heavy (non-hydrogen) atoms. The second kappa shape index (κ2) is 10.4. The maximum atomic E-state index is 13.4. The van der Waals surface area contributed by atoms with Crippen LogP contribution in [0.2, 0.25) is 0 Å². The largest absolute Gasteiger partial charge is 0.486 e. The molecule has 3 atom stereocenters. The van der Waals surface area contributed by atoms with Crippen LogP contribution in [-0.2, 0) is 9.53 Å². The Morgan fingerprint density at radius 1 is 1.32 bits per heavy atom. The lowest BCUT2D eigenvalue weighted by Gasteiger charge is -2.38. The summed E-state index contributed by atoms with van der Waals surface area (Å²) in [6.45, 7) is 6.08. The van der Waals surface area contributed by atoms with Crippen molar-refractivity contribution >= 4 is 17.5 Å². The van der Waals surface area contributed by atoms with Crippen LogP contribution in [0.3, 0.4) is 0 Å². The number of aliphatic hydroxyl groups is 1. The summed E-state index contributed by atoms with van der Waals surface area (Å²) < 4.78 is 11.8. The minimum atomic E-state index is -0.318. The Morgan fingerprint density at radius 2 is 2.03 bits per heavy atom. The molecule has 2 aliphatic heterocycles. The van der Waals surface area contributed by atoms with Crippen molar-refractivity contribution in [1.29, 1.82) is 0 Å². The number of aliphatic hydroxyl groups excluding tert-OH is 1. The number of benzene rings is 1. The molecule has 8 heteroatoms. The molecule has 2 N–H and O–H groups in total. The van der Waals surface area contributed by atoms with Gasteiger partial charge in [0.15, 0.2) is 5.75 Å². The summed E-state index contributed by atoms with van der Waals surface area (Å²) in [5.41, 5.74) is 0.914. The molecule has 3 rings (SSSR count). The first-order valence-corrected chi connectivity index (χ1v) is 11.1. The lowest BCUT2D eigenvalue weighted by molar-refractivity contribution is -0.122. The molecule has 2 heterocycles. The maximum Gasteiger partial charge on any atom is 0.258 e. The molecular formula is C23H35N3O5. The highest BCUT2D eigenvalue weighted by molar-refractivity contribution is 6.02. The van der Waals surface area contributed by atoms with Crippen LogP contribution < -0.4 is 10.1 Å². The Hall–Kier alpha value is -2.16. The number of ether oxygens (including phenoxy) is 2. The van der Waals surface area contributed by atoms with Gasteiger partial charge >= 0.3 is 0 Å². The number of nitrogens with zero attached hydrogens (tertiary/aromatic N) is 2. The molecule has 0 saturated carbocycles. The molecule has 2 aliphatic rings. The van der Waals surface area contributed by atoms with Gasteiger partial charge < -0.3 is 29.7 Å². The summed E-state index contributed by atoms with van der Waals surface area (Å²) in [4.78, 5) is 30.0. The summed E-state index contributed by atoms with van der Waals surface area (Å²) in [5, 5.41) is 12.7. The first-order valence-electron chi connectivity index (χ1n) is 11.1. The number of hydrogen-bond donors (Lipinski definition) is 2. The number of amides is 2. The molecule has 1 aromatic carbocycles. The van der Waals surface area contributed by atoms with Crippen LogP contribution in [0.15, 0.2) is 18.2 Å². The normalized spacial score (nSPS) is 23.5. The van der Waals surface area contributed by atoms with Gasteiger partial charge in [0.25, 0.3) is 5.91 Å². The number of likely N-dealkylation sites (N-methyl/N-ethyl adjacent to an activating group) is 1. The molecule has 0 unspecified atom stereocenters. The van der Waals surface area contributed by atoms with Gasteiger partial charge in [-0.2, -0.15) is 0 Å². The number of nitrogens with one attached hydrogen (secondary N) is 1. The minimum absolute atomic E-state index is 0.0350. The fraction of sp³-hybridized carbons (Fsp3) is 0.652. The maximum absolute atomic E-state index is 13.4. The minimum Gasteiger partial charge on any atom is -0.486 e. The third-order valence-electron chi connectivity index (χ3n) is 6.09. The number of para-hydroxylation sites is 1. The van der Waals surface area contributed by atoms with E-state index in [0.717, 1.165) is 0 Å². The highest BCUT2D eigenvalue weighted by Crippen LogP contribution is 2.35. The lowest BCUT2D eigenvalue weighted by Crippen LogP contribution is -2.49. The summed E-state index contributed by atoms with van der Waals surface area (Å²) in [6, 6.07) is 4.94. The quantitative estimate of drug-likeness (QED) is 0.711. The molecule has 1 fully saturated rings. The molecule has 0 bridgehead atoms. The highest BCUT2D eigenvalue weighted by Gasteiger charge is 2.34. The first-order chi connectivity index (χ1) is 14.8.